The summed E-state index contributed by atoms with van der Waals surface area (Å²) in [6.45, 7) is 1.82. The fraction of sp³-hybridized carbons (Fsp3) is 0.333. The van der Waals surface area contributed by atoms with Gasteiger partial charge in [0, 0.05) is 6.07 Å². The van der Waals surface area contributed by atoms with Crippen molar-refractivity contribution in [3.63, 3.8) is 0 Å². The largest absolute Gasteiger partial charge is 0.451 e. The van der Waals surface area contributed by atoms with Gasteiger partial charge in [0.05, 0.1) is 6.54 Å². The quantitative estimate of drug-likeness (QED) is 0.647. The minimum Gasteiger partial charge on any atom is -0.359 e. The highest BCUT2D eigenvalue weighted by atomic mass is 35.5. The Bertz CT molecular complexity index is 434. The number of anilines is 1. The minimum absolute atomic E-state index is 0.00456. The van der Waals surface area contributed by atoms with Crippen LogP contribution in [-0.2, 0) is 6.18 Å². The van der Waals surface area contributed by atoms with Crippen molar-refractivity contribution in [3.8, 4) is 11.8 Å². The Morgan fingerprint density at radius 2 is 2.12 bits per heavy atom. The summed E-state index contributed by atoms with van der Waals surface area (Å²) in [5.74, 6) is 3.94. The van der Waals surface area contributed by atoms with E-state index in [4.69, 9.17) is 11.6 Å². The van der Waals surface area contributed by atoms with E-state index in [2.05, 4.69) is 27.1 Å². The van der Waals surface area contributed by atoms with Crippen LogP contribution in [0, 0.1) is 11.8 Å². The van der Waals surface area contributed by atoms with Gasteiger partial charge in [-0.1, -0.05) is 17.5 Å². The number of halogens is 4. The van der Waals surface area contributed by atoms with Crippen molar-refractivity contribution in [2.75, 3.05) is 11.9 Å². The van der Waals surface area contributed by atoms with E-state index in [0.29, 0.717) is 0 Å². The fourth-order valence-electron chi connectivity index (χ4n) is 0.858. The number of hydrogen-bond acceptors (Lipinski definition) is 3. The van der Waals surface area contributed by atoms with Gasteiger partial charge >= 0.3 is 6.18 Å². The molecule has 0 fully saturated rings. The third kappa shape index (κ3) is 3.59. The van der Waals surface area contributed by atoms with Gasteiger partial charge < -0.3 is 5.32 Å². The van der Waals surface area contributed by atoms with E-state index in [1.54, 1.807) is 6.92 Å². The Morgan fingerprint density at radius 1 is 1.44 bits per heavy atom. The van der Waals surface area contributed by atoms with Gasteiger partial charge in [0.15, 0.2) is 0 Å². The van der Waals surface area contributed by atoms with E-state index < -0.39 is 12.0 Å². The van der Waals surface area contributed by atoms with E-state index in [1.165, 1.54) is 6.07 Å². The number of alkyl halides is 3. The predicted molar refractivity (Wildman–Crippen MR) is 54.0 cm³/mol. The van der Waals surface area contributed by atoms with Gasteiger partial charge in [-0.15, -0.1) is 5.92 Å². The summed E-state index contributed by atoms with van der Waals surface area (Å²) in [7, 11) is 0. The molecule has 0 atom stereocenters. The number of rotatable bonds is 2. The van der Waals surface area contributed by atoms with Gasteiger partial charge in [-0.3, -0.25) is 0 Å². The summed E-state index contributed by atoms with van der Waals surface area (Å²) in [6.07, 6.45) is -4.61. The molecule has 7 heteroatoms. The summed E-state index contributed by atoms with van der Waals surface area (Å²) < 4.78 is 36.9. The van der Waals surface area contributed by atoms with E-state index in [0.717, 1.165) is 0 Å². The van der Waals surface area contributed by atoms with Crippen LogP contribution in [-0.4, -0.2) is 16.5 Å². The molecule has 1 aromatic heterocycles. The zero-order valence-electron chi connectivity index (χ0n) is 8.19. The van der Waals surface area contributed by atoms with E-state index in [9.17, 15) is 13.2 Å². The lowest BCUT2D eigenvalue weighted by Gasteiger charge is -2.07. The van der Waals surface area contributed by atoms with Gasteiger partial charge in [-0.25, -0.2) is 9.97 Å². The molecular weight excluding hydrogens is 243 g/mol. The predicted octanol–water partition coefficient (Wildman–Crippen LogP) is 2.58. The van der Waals surface area contributed by atoms with Crippen LogP contribution in [0.2, 0.25) is 5.15 Å². The molecule has 1 rings (SSSR count). The first-order chi connectivity index (χ1) is 7.43. The molecule has 16 heavy (non-hydrogen) atoms. The average Bonchev–Trinajstić information content (AvgIpc) is 2.16. The Hall–Kier alpha value is -1.48. The van der Waals surface area contributed by atoms with E-state index in [1.807, 2.05) is 0 Å². The Morgan fingerprint density at radius 3 is 2.69 bits per heavy atom. The Labute approximate surface area is 95.0 Å². The molecule has 1 N–H and O–H groups in total. The van der Waals surface area contributed by atoms with E-state index >= 15 is 0 Å². The van der Waals surface area contributed by atoms with E-state index in [-0.39, 0.29) is 17.5 Å². The molecule has 3 nitrogen and oxygen atoms in total. The second-order valence-electron chi connectivity index (χ2n) is 2.68. The van der Waals surface area contributed by atoms with Crippen LogP contribution < -0.4 is 5.32 Å². The molecule has 0 aliphatic carbocycles. The maximum atomic E-state index is 12.3. The normalized spacial score (nSPS) is 10.6. The first kappa shape index (κ1) is 12.6. The summed E-state index contributed by atoms with van der Waals surface area (Å²) in [6, 6.07) is 1.20. The van der Waals surface area contributed by atoms with Crippen LogP contribution in [0.4, 0.5) is 19.0 Å². The maximum absolute atomic E-state index is 12.3. The minimum atomic E-state index is -4.61. The molecule has 0 bridgehead atoms. The summed E-state index contributed by atoms with van der Waals surface area (Å²) in [4.78, 5) is 6.36. The van der Waals surface area contributed by atoms with Gasteiger partial charge in [0.1, 0.15) is 11.0 Å². The monoisotopic (exact) mass is 249 g/mol. The summed E-state index contributed by atoms with van der Waals surface area (Å²) in [5.41, 5.74) is 0. The third-order valence-electron chi connectivity index (χ3n) is 1.48. The van der Waals surface area contributed by atoms with Crippen molar-refractivity contribution >= 4 is 17.4 Å². The second-order valence-corrected chi connectivity index (χ2v) is 3.06. The van der Waals surface area contributed by atoms with Crippen LogP contribution in [0.3, 0.4) is 0 Å². The topological polar surface area (TPSA) is 37.8 Å². The van der Waals surface area contributed by atoms with Crippen molar-refractivity contribution in [1.29, 1.82) is 0 Å². The molecule has 0 aromatic carbocycles. The van der Waals surface area contributed by atoms with Gasteiger partial charge in [0.25, 0.3) is 0 Å². The van der Waals surface area contributed by atoms with Crippen LogP contribution in [0.15, 0.2) is 6.07 Å². The summed E-state index contributed by atoms with van der Waals surface area (Å²) >= 11 is 5.44. The number of nitrogens with one attached hydrogen (secondary N) is 1. The Kier molecular flexibility index (Phi) is 3.96. The van der Waals surface area contributed by atoms with Crippen molar-refractivity contribution in [2.45, 2.75) is 13.1 Å². The fourth-order valence-corrected chi connectivity index (χ4v) is 1.04. The SMILES string of the molecule is CC#CCNc1cc(Cl)nc(C(F)(F)F)n1. The first-order valence-corrected chi connectivity index (χ1v) is 4.56. The lowest BCUT2D eigenvalue weighted by atomic mass is 10.5. The van der Waals surface area contributed by atoms with Crippen molar-refractivity contribution in [3.05, 3.63) is 17.0 Å². The van der Waals surface area contributed by atoms with Gasteiger partial charge in [-0.05, 0) is 6.92 Å². The molecule has 1 heterocycles. The highest BCUT2D eigenvalue weighted by Gasteiger charge is 2.35. The molecule has 0 unspecified atom stereocenters. The average molecular weight is 250 g/mol. The van der Waals surface area contributed by atoms with Crippen LogP contribution in [0.1, 0.15) is 12.7 Å². The highest BCUT2D eigenvalue weighted by molar-refractivity contribution is 6.29. The molecule has 0 saturated heterocycles. The zero-order valence-corrected chi connectivity index (χ0v) is 8.95. The second kappa shape index (κ2) is 5.03. The lowest BCUT2D eigenvalue weighted by Crippen LogP contribution is -2.13. The number of nitrogens with zero attached hydrogens (tertiary/aromatic N) is 2. The molecular formula is C9H7ClF3N3. The Balaban J connectivity index is 2.93. The molecule has 0 spiro atoms. The van der Waals surface area contributed by atoms with Crippen LogP contribution in [0.5, 0.6) is 0 Å². The molecule has 0 amide bonds. The first-order valence-electron chi connectivity index (χ1n) is 4.18. The standard InChI is InChI=1S/C9H7ClF3N3/c1-2-3-4-14-7-5-6(10)15-8(16-7)9(11,12)13/h5H,4H2,1H3,(H,14,15,16). The van der Waals surface area contributed by atoms with Crippen molar-refractivity contribution in [1.82, 2.24) is 9.97 Å². The van der Waals surface area contributed by atoms with Crippen LogP contribution in [0.25, 0.3) is 0 Å². The molecule has 0 radical (unpaired) electrons. The maximum Gasteiger partial charge on any atom is 0.451 e. The molecule has 0 saturated carbocycles. The van der Waals surface area contributed by atoms with Crippen LogP contribution >= 0.6 is 11.6 Å². The van der Waals surface area contributed by atoms with Gasteiger partial charge in [-0.2, -0.15) is 13.2 Å². The molecule has 0 aliphatic rings. The number of hydrogen-bond donors (Lipinski definition) is 1. The van der Waals surface area contributed by atoms with Crippen molar-refractivity contribution < 1.29 is 13.2 Å². The van der Waals surface area contributed by atoms with Crippen molar-refractivity contribution in [2.24, 2.45) is 0 Å². The zero-order chi connectivity index (χ0) is 12.2. The highest BCUT2D eigenvalue weighted by Crippen LogP contribution is 2.28. The molecule has 1 aromatic rings. The summed E-state index contributed by atoms with van der Waals surface area (Å²) in [5, 5.41) is 2.32. The smallest absolute Gasteiger partial charge is 0.359 e. The number of aromatic nitrogens is 2. The van der Waals surface area contributed by atoms with Gasteiger partial charge in [0.2, 0.25) is 5.82 Å². The molecule has 86 valence electrons. The third-order valence-corrected chi connectivity index (χ3v) is 1.68. The lowest BCUT2D eigenvalue weighted by molar-refractivity contribution is -0.144. The molecule has 0 aliphatic heterocycles.